The minimum absolute atomic E-state index is 0.0372. The summed E-state index contributed by atoms with van der Waals surface area (Å²) in [6.45, 7) is 5.64. The van der Waals surface area contributed by atoms with Crippen molar-refractivity contribution in [3.63, 3.8) is 0 Å². The van der Waals surface area contributed by atoms with E-state index in [1.807, 2.05) is 20.8 Å². The molecule has 0 radical (unpaired) electrons. The van der Waals surface area contributed by atoms with E-state index in [1.54, 1.807) is 0 Å². The first kappa shape index (κ1) is 10.5. The highest BCUT2D eigenvalue weighted by Gasteiger charge is 2.42. The summed E-state index contributed by atoms with van der Waals surface area (Å²) in [5.41, 5.74) is 0. The normalized spacial score (nSPS) is 46.0. The Morgan fingerprint density at radius 1 is 1.23 bits per heavy atom. The number of carboxylic acid groups (broad SMARTS) is 1. The molecule has 0 aromatic heterocycles. The summed E-state index contributed by atoms with van der Waals surface area (Å²) >= 11 is 0. The van der Waals surface area contributed by atoms with Gasteiger partial charge in [-0.2, -0.15) is 0 Å². The molecule has 1 heterocycles. The molecule has 0 saturated carbocycles. The maximum absolute atomic E-state index is 10.7. The van der Waals surface area contributed by atoms with Crippen molar-refractivity contribution in [2.75, 3.05) is 0 Å². The Balaban J connectivity index is 2.76. The second-order valence-electron chi connectivity index (χ2n) is 3.81. The molecule has 0 amide bonds. The lowest BCUT2D eigenvalue weighted by atomic mass is 9.82. The molecular weight excluding hydrogens is 172 g/mol. The van der Waals surface area contributed by atoms with E-state index in [2.05, 4.69) is 0 Å². The Labute approximate surface area is 77.5 Å². The van der Waals surface area contributed by atoms with E-state index >= 15 is 0 Å². The van der Waals surface area contributed by atoms with Crippen molar-refractivity contribution < 1.29 is 19.7 Å². The largest absolute Gasteiger partial charge is 0.479 e. The van der Waals surface area contributed by atoms with Gasteiger partial charge >= 0.3 is 5.97 Å². The molecule has 0 aromatic carbocycles. The second-order valence-corrected chi connectivity index (χ2v) is 3.81. The Kier molecular flexibility index (Phi) is 2.93. The van der Waals surface area contributed by atoms with Gasteiger partial charge in [-0.15, -0.1) is 0 Å². The summed E-state index contributed by atoms with van der Waals surface area (Å²) in [4.78, 5) is 10.7. The number of aliphatic hydroxyl groups excluding tert-OH is 1. The summed E-state index contributed by atoms with van der Waals surface area (Å²) < 4.78 is 5.19. The molecule has 5 atom stereocenters. The number of carbonyl (C=O) groups is 1. The standard InChI is InChI=1S/C9H16O4/c1-4-5(2)7(10)8(9(11)12)13-6(4)3/h4-8,10H,1-3H3,(H,11,12). The highest BCUT2D eigenvalue weighted by Crippen LogP contribution is 2.30. The Morgan fingerprint density at radius 3 is 2.23 bits per heavy atom. The van der Waals surface area contributed by atoms with Crippen molar-refractivity contribution in [1.29, 1.82) is 0 Å². The van der Waals surface area contributed by atoms with E-state index in [-0.39, 0.29) is 17.9 Å². The quantitative estimate of drug-likeness (QED) is 0.628. The van der Waals surface area contributed by atoms with Gasteiger partial charge in [0.1, 0.15) is 0 Å². The third-order valence-electron chi connectivity index (χ3n) is 3.02. The lowest BCUT2D eigenvalue weighted by Crippen LogP contribution is -2.51. The first-order chi connectivity index (χ1) is 5.95. The number of aliphatic carboxylic acids is 1. The van der Waals surface area contributed by atoms with Gasteiger partial charge in [0.15, 0.2) is 6.10 Å². The summed E-state index contributed by atoms with van der Waals surface area (Å²) in [7, 11) is 0. The van der Waals surface area contributed by atoms with Gasteiger partial charge in [-0.25, -0.2) is 4.79 Å². The van der Waals surface area contributed by atoms with Crippen LogP contribution in [0.5, 0.6) is 0 Å². The van der Waals surface area contributed by atoms with Crippen LogP contribution >= 0.6 is 0 Å². The van der Waals surface area contributed by atoms with Crippen LogP contribution in [-0.4, -0.2) is 34.5 Å². The third-order valence-corrected chi connectivity index (χ3v) is 3.02. The van der Waals surface area contributed by atoms with Gasteiger partial charge in [-0.05, 0) is 18.8 Å². The van der Waals surface area contributed by atoms with Crippen LogP contribution in [0, 0.1) is 11.8 Å². The monoisotopic (exact) mass is 188 g/mol. The van der Waals surface area contributed by atoms with Gasteiger partial charge in [0.05, 0.1) is 12.2 Å². The zero-order valence-corrected chi connectivity index (χ0v) is 8.10. The van der Waals surface area contributed by atoms with Crippen LogP contribution in [0.15, 0.2) is 0 Å². The molecule has 76 valence electrons. The molecule has 4 nitrogen and oxygen atoms in total. The van der Waals surface area contributed by atoms with E-state index in [9.17, 15) is 9.90 Å². The Bertz CT molecular complexity index is 204. The van der Waals surface area contributed by atoms with E-state index in [4.69, 9.17) is 9.84 Å². The topological polar surface area (TPSA) is 66.8 Å². The highest BCUT2D eigenvalue weighted by molar-refractivity contribution is 5.73. The van der Waals surface area contributed by atoms with Crippen LogP contribution in [0.25, 0.3) is 0 Å². The van der Waals surface area contributed by atoms with Crippen LogP contribution < -0.4 is 0 Å². The van der Waals surface area contributed by atoms with Crippen LogP contribution in [0.1, 0.15) is 20.8 Å². The Hall–Kier alpha value is -0.610. The van der Waals surface area contributed by atoms with Crippen molar-refractivity contribution >= 4 is 5.97 Å². The molecule has 0 spiro atoms. The molecule has 2 N–H and O–H groups in total. The fourth-order valence-corrected chi connectivity index (χ4v) is 1.65. The maximum Gasteiger partial charge on any atom is 0.335 e. The van der Waals surface area contributed by atoms with Crippen molar-refractivity contribution in [3.8, 4) is 0 Å². The number of carboxylic acids is 1. The maximum atomic E-state index is 10.7. The van der Waals surface area contributed by atoms with E-state index in [1.165, 1.54) is 0 Å². The van der Waals surface area contributed by atoms with E-state index in [0.29, 0.717) is 0 Å². The fraction of sp³-hybridized carbons (Fsp3) is 0.889. The fourth-order valence-electron chi connectivity index (χ4n) is 1.65. The van der Waals surface area contributed by atoms with Crippen molar-refractivity contribution in [2.45, 2.75) is 39.1 Å². The lowest BCUT2D eigenvalue weighted by Gasteiger charge is -2.39. The van der Waals surface area contributed by atoms with Gasteiger partial charge in [-0.1, -0.05) is 13.8 Å². The van der Waals surface area contributed by atoms with Gasteiger partial charge in [0.25, 0.3) is 0 Å². The SMILES string of the molecule is CC1OC(C(=O)O)C(O)C(C)C1C. The summed E-state index contributed by atoms with van der Waals surface area (Å²) in [5, 5.41) is 18.3. The van der Waals surface area contributed by atoms with E-state index < -0.39 is 18.2 Å². The molecular formula is C9H16O4. The molecule has 1 aliphatic rings. The number of rotatable bonds is 1. The first-order valence-electron chi connectivity index (χ1n) is 4.51. The molecule has 0 bridgehead atoms. The molecule has 0 aliphatic carbocycles. The van der Waals surface area contributed by atoms with Crippen LogP contribution in [0.4, 0.5) is 0 Å². The predicted molar refractivity (Wildman–Crippen MR) is 46.3 cm³/mol. The average molecular weight is 188 g/mol. The molecule has 1 rings (SSSR count). The molecule has 13 heavy (non-hydrogen) atoms. The van der Waals surface area contributed by atoms with Gasteiger partial charge < -0.3 is 14.9 Å². The third kappa shape index (κ3) is 1.84. The summed E-state index contributed by atoms with van der Waals surface area (Å²) in [6, 6.07) is 0. The minimum Gasteiger partial charge on any atom is -0.479 e. The molecule has 5 unspecified atom stereocenters. The number of aliphatic hydroxyl groups is 1. The van der Waals surface area contributed by atoms with Crippen molar-refractivity contribution in [3.05, 3.63) is 0 Å². The average Bonchev–Trinajstić information content (AvgIpc) is 2.07. The zero-order chi connectivity index (χ0) is 10.2. The molecule has 4 heteroatoms. The van der Waals surface area contributed by atoms with Crippen molar-refractivity contribution in [1.82, 2.24) is 0 Å². The van der Waals surface area contributed by atoms with Gasteiger partial charge in [-0.3, -0.25) is 0 Å². The minimum atomic E-state index is -1.09. The van der Waals surface area contributed by atoms with E-state index in [0.717, 1.165) is 0 Å². The lowest BCUT2D eigenvalue weighted by molar-refractivity contribution is -0.190. The van der Waals surface area contributed by atoms with Crippen LogP contribution in [-0.2, 0) is 9.53 Å². The smallest absolute Gasteiger partial charge is 0.335 e. The first-order valence-corrected chi connectivity index (χ1v) is 4.51. The Morgan fingerprint density at radius 2 is 1.77 bits per heavy atom. The molecule has 0 aromatic rings. The zero-order valence-electron chi connectivity index (χ0n) is 8.10. The predicted octanol–water partition coefficient (Wildman–Crippen LogP) is 0.491. The second kappa shape index (κ2) is 3.64. The highest BCUT2D eigenvalue weighted by atomic mass is 16.5. The summed E-state index contributed by atoms with van der Waals surface area (Å²) in [5.74, 6) is -0.937. The molecule has 1 fully saturated rings. The number of ether oxygens (including phenoxy) is 1. The molecule has 1 saturated heterocycles. The van der Waals surface area contributed by atoms with Crippen molar-refractivity contribution in [2.24, 2.45) is 11.8 Å². The van der Waals surface area contributed by atoms with Gasteiger partial charge in [0, 0.05) is 0 Å². The number of hydrogen-bond acceptors (Lipinski definition) is 3. The molecule has 1 aliphatic heterocycles. The summed E-state index contributed by atoms with van der Waals surface area (Å²) in [6.07, 6.45) is -2.08. The van der Waals surface area contributed by atoms with Gasteiger partial charge in [0.2, 0.25) is 0 Å². The van der Waals surface area contributed by atoms with Crippen LogP contribution in [0.3, 0.4) is 0 Å². The number of hydrogen-bond donors (Lipinski definition) is 2. The van der Waals surface area contributed by atoms with Crippen LogP contribution in [0.2, 0.25) is 0 Å².